The second-order valence-corrected chi connectivity index (χ2v) is 4.11. The molecule has 0 fully saturated rings. The molecule has 0 bridgehead atoms. The van der Waals surface area contributed by atoms with Crippen LogP contribution < -0.4 is 5.32 Å². The van der Waals surface area contributed by atoms with E-state index in [0.717, 1.165) is 6.07 Å². The van der Waals surface area contributed by atoms with Crippen LogP contribution in [-0.4, -0.2) is 30.2 Å². The van der Waals surface area contributed by atoms with Crippen LogP contribution in [0.1, 0.15) is 12.5 Å². The number of anilines is 1. The summed E-state index contributed by atoms with van der Waals surface area (Å²) in [5.74, 6) is -0.821. The van der Waals surface area contributed by atoms with Gasteiger partial charge in [-0.3, -0.25) is 14.9 Å². The molecule has 0 aliphatic rings. The van der Waals surface area contributed by atoms with Crippen LogP contribution in [0.4, 0.5) is 24.5 Å². The summed E-state index contributed by atoms with van der Waals surface area (Å²) in [6.07, 6.45) is -4.07. The molecule has 0 unspecified atom stereocenters. The van der Waals surface area contributed by atoms with Crippen molar-refractivity contribution in [2.24, 2.45) is 0 Å². The van der Waals surface area contributed by atoms with Gasteiger partial charge in [0.2, 0.25) is 5.91 Å². The highest BCUT2D eigenvalue weighted by molar-refractivity contribution is 5.92. The first-order valence-corrected chi connectivity index (χ1v) is 5.94. The average molecular weight is 306 g/mol. The molecule has 0 heterocycles. The average Bonchev–Trinajstić information content (AvgIpc) is 2.37. The van der Waals surface area contributed by atoms with Gasteiger partial charge in [0.25, 0.3) is 5.69 Å². The minimum absolute atomic E-state index is 0.125. The molecule has 0 saturated carbocycles. The molecule has 9 heteroatoms. The molecule has 1 aromatic carbocycles. The predicted molar refractivity (Wildman–Crippen MR) is 68.0 cm³/mol. The van der Waals surface area contributed by atoms with E-state index >= 15 is 0 Å². The number of nitro benzene ring substituents is 1. The van der Waals surface area contributed by atoms with E-state index in [9.17, 15) is 28.1 Å². The van der Waals surface area contributed by atoms with Crippen molar-refractivity contribution < 1.29 is 27.6 Å². The first-order valence-electron chi connectivity index (χ1n) is 5.94. The van der Waals surface area contributed by atoms with E-state index in [1.165, 1.54) is 12.1 Å². The summed E-state index contributed by atoms with van der Waals surface area (Å²) in [6.45, 7) is -0.580. The smallest absolute Gasteiger partial charge is 0.362 e. The lowest BCUT2D eigenvalue weighted by Crippen LogP contribution is -2.24. The summed E-state index contributed by atoms with van der Waals surface area (Å²) in [5.41, 5.74) is 0.456. The van der Waals surface area contributed by atoms with Gasteiger partial charge in [0.15, 0.2) is 0 Å². The number of hydrogen-bond acceptors (Lipinski definition) is 4. The maximum atomic E-state index is 11.8. The fourth-order valence-electron chi connectivity index (χ4n) is 1.57. The Kier molecular flexibility index (Phi) is 5.65. The second-order valence-electron chi connectivity index (χ2n) is 4.11. The summed E-state index contributed by atoms with van der Waals surface area (Å²) in [4.78, 5) is 21.6. The second kappa shape index (κ2) is 7.02. The van der Waals surface area contributed by atoms with Crippen molar-refractivity contribution in [3.05, 3.63) is 33.9 Å². The molecule has 0 spiro atoms. The molecule has 0 aliphatic carbocycles. The highest BCUT2D eigenvalue weighted by atomic mass is 19.4. The number of aryl methyl sites for hydroxylation is 1. The van der Waals surface area contributed by atoms with E-state index < -0.39 is 30.2 Å². The van der Waals surface area contributed by atoms with Crippen molar-refractivity contribution in [2.45, 2.75) is 19.5 Å². The quantitative estimate of drug-likeness (QED) is 0.647. The zero-order valence-electron chi connectivity index (χ0n) is 11.1. The Morgan fingerprint density at radius 2 is 2.10 bits per heavy atom. The van der Waals surface area contributed by atoms with Crippen molar-refractivity contribution in [1.82, 2.24) is 0 Å². The van der Waals surface area contributed by atoms with E-state index in [4.69, 9.17) is 0 Å². The van der Waals surface area contributed by atoms with Crippen LogP contribution in [0, 0.1) is 10.1 Å². The summed E-state index contributed by atoms with van der Waals surface area (Å²) in [7, 11) is 0. The van der Waals surface area contributed by atoms with Crippen LogP contribution >= 0.6 is 0 Å². The number of halogens is 3. The van der Waals surface area contributed by atoms with E-state index in [1.807, 2.05) is 0 Å². The molecule has 0 atom stereocenters. The SMILES string of the molecule is CCc1ccc(NC(=O)COCC(F)(F)F)cc1[N+](=O)[O-]. The molecule has 1 amide bonds. The van der Waals surface area contributed by atoms with E-state index in [2.05, 4.69) is 10.1 Å². The van der Waals surface area contributed by atoms with E-state index in [-0.39, 0.29) is 11.4 Å². The van der Waals surface area contributed by atoms with Gasteiger partial charge in [-0.2, -0.15) is 13.2 Å². The fraction of sp³-hybridized carbons (Fsp3) is 0.417. The van der Waals surface area contributed by atoms with Gasteiger partial charge in [-0.25, -0.2) is 0 Å². The molecule has 1 N–H and O–H groups in total. The van der Waals surface area contributed by atoms with Crippen molar-refractivity contribution >= 4 is 17.3 Å². The largest absolute Gasteiger partial charge is 0.411 e. The molecule has 0 saturated heterocycles. The van der Waals surface area contributed by atoms with E-state index in [0.29, 0.717) is 12.0 Å². The summed E-state index contributed by atoms with van der Waals surface area (Å²) in [6, 6.07) is 4.07. The van der Waals surface area contributed by atoms with Gasteiger partial charge < -0.3 is 10.1 Å². The van der Waals surface area contributed by atoms with Crippen molar-refractivity contribution in [2.75, 3.05) is 18.5 Å². The Bertz CT molecular complexity index is 532. The molecule has 6 nitrogen and oxygen atoms in total. The van der Waals surface area contributed by atoms with Crippen molar-refractivity contribution in [3.63, 3.8) is 0 Å². The first kappa shape index (κ1) is 16.9. The third kappa shape index (κ3) is 5.78. The third-order valence-electron chi connectivity index (χ3n) is 2.45. The molecule has 1 aromatic rings. The number of benzene rings is 1. The highest BCUT2D eigenvalue weighted by Gasteiger charge is 2.27. The Hall–Kier alpha value is -2.16. The topological polar surface area (TPSA) is 81.5 Å². The van der Waals surface area contributed by atoms with Crippen LogP contribution in [0.15, 0.2) is 18.2 Å². The lowest BCUT2D eigenvalue weighted by Gasteiger charge is -2.09. The summed E-state index contributed by atoms with van der Waals surface area (Å²) in [5, 5.41) is 13.1. The highest BCUT2D eigenvalue weighted by Crippen LogP contribution is 2.23. The normalized spacial score (nSPS) is 11.2. The number of nitrogens with one attached hydrogen (secondary N) is 1. The molecule has 1 rings (SSSR count). The number of ether oxygens (including phenoxy) is 1. The predicted octanol–water partition coefficient (Wildman–Crippen LogP) is 2.67. The minimum atomic E-state index is -4.51. The molecular formula is C12H13F3N2O4. The lowest BCUT2D eigenvalue weighted by atomic mass is 10.1. The monoisotopic (exact) mass is 306 g/mol. The van der Waals surface area contributed by atoms with Crippen LogP contribution in [0.5, 0.6) is 0 Å². The standard InChI is InChI=1S/C12H13F3N2O4/c1-2-8-3-4-9(5-10(8)17(19)20)16-11(18)6-21-7-12(13,14)15/h3-5H,2,6-7H2,1H3,(H,16,18). The summed E-state index contributed by atoms with van der Waals surface area (Å²) >= 11 is 0. The number of amides is 1. The minimum Gasteiger partial charge on any atom is -0.362 e. The maximum absolute atomic E-state index is 11.8. The van der Waals surface area contributed by atoms with E-state index in [1.54, 1.807) is 6.92 Å². The number of alkyl halides is 3. The lowest BCUT2D eigenvalue weighted by molar-refractivity contribution is -0.385. The number of rotatable bonds is 6. The van der Waals surface area contributed by atoms with Gasteiger partial charge >= 0.3 is 6.18 Å². The number of carbonyl (C=O) groups excluding carboxylic acids is 1. The fourth-order valence-corrected chi connectivity index (χ4v) is 1.57. The number of hydrogen-bond donors (Lipinski definition) is 1. The van der Waals surface area contributed by atoms with Gasteiger partial charge in [-0.15, -0.1) is 0 Å². The van der Waals surface area contributed by atoms with Crippen molar-refractivity contribution in [3.8, 4) is 0 Å². The Morgan fingerprint density at radius 1 is 1.43 bits per heavy atom. The molecule has 116 valence electrons. The Morgan fingerprint density at radius 3 is 2.62 bits per heavy atom. The van der Waals surface area contributed by atoms with Crippen LogP contribution in [0.3, 0.4) is 0 Å². The van der Waals surface area contributed by atoms with Gasteiger partial charge in [0.1, 0.15) is 13.2 Å². The summed E-state index contributed by atoms with van der Waals surface area (Å²) < 4.78 is 39.7. The first-order chi connectivity index (χ1) is 9.73. The Labute approximate surface area is 118 Å². The zero-order valence-corrected chi connectivity index (χ0v) is 11.1. The maximum Gasteiger partial charge on any atom is 0.411 e. The molecule has 0 aliphatic heterocycles. The molecule has 21 heavy (non-hydrogen) atoms. The Balaban J connectivity index is 2.64. The van der Waals surface area contributed by atoms with Gasteiger partial charge in [-0.05, 0) is 12.5 Å². The van der Waals surface area contributed by atoms with Gasteiger partial charge in [-0.1, -0.05) is 13.0 Å². The van der Waals surface area contributed by atoms with Crippen LogP contribution in [0.25, 0.3) is 0 Å². The zero-order chi connectivity index (χ0) is 16.0. The van der Waals surface area contributed by atoms with Crippen LogP contribution in [-0.2, 0) is 16.0 Å². The molecule has 0 radical (unpaired) electrons. The molecular weight excluding hydrogens is 293 g/mol. The van der Waals surface area contributed by atoms with Crippen molar-refractivity contribution in [1.29, 1.82) is 0 Å². The van der Waals surface area contributed by atoms with Gasteiger partial charge in [0, 0.05) is 17.3 Å². The van der Waals surface area contributed by atoms with Crippen LogP contribution in [0.2, 0.25) is 0 Å². The molecule has 0 aromatic heterocycles. The number of carbonyl (C=O) groups is 1. The number of nitro groups is 1. The third-order valence-corrected chi connectivity index (χ3v) is 2.45. The van der Waals surface area contributed by atoms with Gasteiger partial charge in [0.05, 0.1) is 4.92 Å². The number of nitrogens with zero attached hydrogens (tertiary/aromatic N) is 1.